The fourth-order valence-corrected chi connectivity index (χ4v) is 1.21. The monoisotopic (exact) mass is 216 g/mol. The van der Waals surface area contributed by atoms with Gasteiger partial charge in [0, 0.05) is 16.8 Å². The van der Waals surface area contributed by atoms with E-state index in [9.17, 15) is 4.79 Å². The summed E-state index contributed by atoms with van der Waals surface area (Å²) >= 11 is 0.970. The van der Waals surface area contributed by atoms with Crippen molar-refractivity contribution in [3.05, 3.63) is 5.82 Å². The van der Waals surface area contributed by atoms with Crippen molar-refractivity contribution in [1.29, 1.82) is 0 Å². The standard InChI is InChI=1S/C6H8N4O3S/c1-3(5(11)12)4-7-6(14-9-4)8-10-13-2/h3H,1-2H3,(H,11,12). The second-order valence-corrected chi connectivity index (χ2v) is 3.09. The quantitative estimate of drug-likeness (QED) is 0.605. The number of hydrogen-bond acceptors (Lipinski definition) is 7. The van der Waals surface area contributed by atoms with Crippen molar-refractivity contribution >= 4 is 22.6 Å². The van der Waals surface area contributed by atoms with Crippen LogP contribution in [0.1, 0.15) is 18.7 Å². The zero-order valence-electron chi connectivity index (χ0n) is 7.54. The van der Waals surface area contributed by atoms with Gasteiger partial charge in [-0.1, -0.05) is 5.11 Å². The third-order valence-electron chi connectivity index (χ3n) is 1.40. The van der Waals surface area contributed by atoms with E-state index in [1.165, 1.54) is 14.0 Å². The van der Waals surface area contributed by atoms with Crippen LogP contribution in [0.3, 0.4) is 0 Å². The van der Waals surface area contributed by atoms with Crippen LogP contribution in [0.25, 0.3) is 0 Å². The Bertz CT molecular complexity index is 351. The first-order valence-electron chi connectivity index (χ1n) is 3.65. The van der Waals surface area contributed by atoms with E-state index in [0.29, 0.717) is 0 Å². The third kappa shape index (κ3) is 2.46. The summed E-state index contributed by atoms with van der Waals surface area (Å²) < 4.78 is 3.83. The molecule has 0 aliphatic carbocycles. The molecule has 0 bridgehead atoms. The Morgan fingerprint density at radius 2 is 2.43 bits per heavy atom. The molecular formula is C6H8N4O3S. The number of rotatable bonds is 4. The maximum atomic E-state index is 10.6. The zero-order chi connectivity index (χ0) is 10.6. The lowest BCUT2D eigenvalue weighted by Crippen LogP contribution is -2.08. The van der Waals surface area contributed by atoms with Crippen LogP contribution in [0.2, 0.25) is 0 Å². The summed E-state index contributed by atoms with van der Waals surface area (Å²) in [5.41, 5.74) is 0. The maximum absolute atomic E-state index is 10.6. The van der Waals surface area contributed by atoms with Crippen molar-refractivity contribution in [2.24, 2.45) is 10.4 Å². The van der Waals surface area contributed by atoms with Crippen LogP contribution in [-0.4, -0.2) is 27.5 Å². The SMILES string of the molecule is CON=Nc1nc(C(C)C(=O)O)ns1. The van der Waals surface area contributed by atoms with Gasteiger partial charge < -0.3 is 9.94 Å². The van der Waals surface area contributed by atoms with Crippen LogP contribution in [-0.2, 0) is 9.63 Å². The number of carbonyl (C=O) groups is 1. The van der Waals surface area contributed by atoms with Gasteiger partial charge in [0.25, 0.3) is 5.13 Å². The molecule has 7 nitrogen and oxygen atoms in total. The van der Waals surface area contributed by atoms with Crippen molar-refractivity contribution in [2.45, 2.75) is 12.8 Å². The molecule has 0 spiro atoms. The third-order valence-corrected chi connectivity index (χ3v) is 2.01. The van der Waals surface area contributed by atoms with Crippen molar-refractivity contribution < 1.29 is 14.7 Å². The molecule has 0 saturated carbocycles. The minimum absolute atomic E-state index is 0.229. The molecule has 0 amide bonds. The molecule has 0 aromatic carbocycles. The average molecular weight is 216 g/mol. The maximum Gasteiger partial charge on any atom is 0.314 e. The van der Waals surface area contributed by atoms with Crippen LogP contribution in [0.15, 0.2) is 10.4 Å². The summed E-state index contributed by atoms with van der Waals surface area (Å²) in [5.74, 6) is -1.48. The Kier molecular flexibility index (Phi) is 3.46. The fraction of sp³-hybridized carbons (Fsp3) is 0.500. The fourth-order valence-electron chi connectivity index (χ4n) is 0.629. The van der Waals surface area contributed by atoms with Gasteiger partial charge in [0.15, 0.2) is 5.82 Å². The van der Waals surface area contributed by atoms with E-state index < -0.39 is 11.9 Å². The number of aromatic nitrogens is 2. The van der Waals surface area contributed by atoms with Crippen molar-refractivity contribution in [2.75, 3.05) is 7.11 Å². The number of nitrogens with zero attached hydrogens (tertiary/aromatic N) is 4. The number of aliphatic carboxylic acids is 1. The molecular weight excluding hydrogens is 208 g/mol. The van der Waals surface area contributed by atoms with E-state index in [-0.39, 0.29) is 11.0 Å². The van der Waals surface area contributed by atoms with Gasteiger partial charge in [-0.25, -0.2) is 0 Å². The van der Waals surface area contributed by atoms with E-state index in [4.69, 9.17) is 5.11 Å². The highest BCUT2D eigenvalue weighted by atomic mass is 32.1. The molecule has 0 saturated heterocycles. The van der Waals surface area contributed by atoms with Gasteiger partial charge in [0.2, 0.25) is 0 Å². The normalized spacial score (nSPS) is 13.0. The summed E-state index contributed by atoms with van der Waals surface area (Å²) in [5, 5.41) is 15.7. The second kappa shape index (κ2) is 4.61. The average Bonchev–Trinajstić information content (AvgIpc) is 2.61. The molecule has 1 heterocycles. The minimum Gasteiger partial charge on any atom is -0.481 e. The Labute approximate surface area is 83.6 Å². The molecule has 0 radical (unpaired) electrons. The Balaban J connectivity index is 2.77. The van der Waals surface area contributed by atoms with Gasteiger partial charge in [0.1, 0.15) is 13.0 Å². The van der Waals surface area contributed by atoms with Crippen molar-refractivity contribution in [1.82, 2.24) is 9.36 Å². The van der Waals surface area contributed by atoms with Crippen LogP contribution >= 0.6 is 11.5 Å². The summed E-state index contributed by atoms with van der Waals surface area (Å²) in [6.07, 6.45) is 0. The lowest BCUT2D eigenvalue weighted by atomic mass is 10.2. The highest BCUT2D eigenvalue weighted by Crippen LogP contribution is 2.20. The number of hydrogen-bond donors (Lipinski definition) is 1. The Morgan fingerprint density at radius 1 is 1.71 bits per heavy atom. The molecule has 14 heavy (non-hydrogen) atoms. The Morgan fingerprint density at radius 3 is 3.00 bits per heavy atom. The first-order valence-corrected chi connectivity index (χ1v) is 4.43. The van der Waals surface area contributed by atoms with E-state index in [0.717, 1.165) is 11.5 Å². The van der Waals surface area contributed by atoms with Crippen molar-refractivity contribution in [3.8, 4) is 0 Å². The lowest BCUT2D eigenvalue weighted by Gasteiger charge is -1.97. The highest BCUT2D eigenvalue weighted by Gasteiger charge is 2.18. The first-order chi connectivity index (χ1) is 6.65. The molecule has 1 N–H and O–H groups in total. The molecule has 1 aromatic rings. The summed E-state index contributed by atoms with van der Waals surface area (Å²) in [6.45, 7) is 1.50. The lowest BCUT2D eigenvalue weighted by molar-refractivity contribution is -0.138. The molecule has 0 fully saturated rings. The molecule has 8 heteroatoms. The Hall–Kier alpha value is -1.57. The summed E-state index contributed by atoms with van der Waals surface area (Å²) in [4.78, 5) is 18.8. The van der Waals surface area contributed by atoms with Crippen LogP contribution in [0.5, 0.6) is 0 Å². The predicted molar refractivity (Wildman–Crippen MR) is 47.5 cm³/mol. The summed E-state index contributed by atoms with van der Waals surface area (Å²) in [6, 6.07) is 0. The van der Waals surface area contributed by atoms with Gasteiger partial charge in [-0.05, 0) is 6.92 Å². The molecule has 76 valence electrons. The van der Waals surface area contributed by atoms with Crippen LogP contribution in [0.4, 0.5) is 5.13 Å². The number of carboxylic acids is 1. The van der Waals surface area contributed by atoms with E-state index in [2.05, 4.69) is 24.6 Å². The molecule has 1 rings (SSSR count). The molecule has 0 aliphatic heterocycles. The summed E-state index contributed by atoms with van der Waals surface area (Å²) in [7, 11) is 1.35. The zero-order valence-corrected chi connectivity index (χ0v) is 8.35. The molecule has 0 aliphatic rings. The minimum atomic E-state index is -0.974. The topological polar surface area (TPSA) is 97.0 Å². The van der Waals surface area contributed by atoms with E-state index in [1.54, 1.807) is 0 Å². The van der Waals surface area contributed by atoms with Gasteiger partial charge in [-0.15, -0.1) is 0 Å². The van der Waals surface area contributed by atoms with Crippen LogP contribution < -0.4 is 0 Å². The van der Waals surface area contributed by atoms with Crippen LogP contribution in [0, 0.1) is 0 Å². The van der Waals surface area contributed by atoms with Gasteiger partial charge >= 0.3 is 5.97 Å². The number of carboxylic acid groups (broad SMARTS) is 1. The van der Waals surface area contributed by atoms with Crippen molar-refractivity contribution in [3.63, 3.8) is 0 Å². The van der Waals surface area contributed by atoms with Gasteiger partial charge in [-0.3, -0.25) is 4.79 Å². The second-order valence-electron chi connectivity index (χ2n) is 2.36. The van der Waals surface area contributed by atoms with Gasteiger partial charge in [-0.2, -0.15) is 9.36 Å². The molecule has 1 atom stereocenters. The first kappa shape index (κ1) is 10.5. The van der Waals surface area contributed by atoms with E-state index >= 15 is 0 Å². The highest BCUT2D eigenvalue weighted by molar-refractivity contribution is 7.09. The predicted octanol–water partition coefficient (Wildman–Crippen LogP) is 1.37. The molecule has 1 aromatic heterocycles. The smallest absolute Gasteiger partial charge is 0.314 e. The largest absolute Gasteiger partial charge is 0.481 e. The van der Waals surface area contributed by atoms with Gasteiger partial charge in [0.05, 0.1) is 0 Å². The molecule has 1 unspecified atom stereocenters. The van der Waals surface area contributed by atoms with E-state index in [1.807, 2.05) is 0 Å².